The van der Waals surface area contributed by atoms with Gasteiger partial charge in [0.2, 0.25) is 11.8 Å². The summed E-state index contributed by atoms with van der Waals surface area (Å²) in [7, 11) is 6.00. The summed E-state index contributed by atoms with van der Waals surface area (Å²) in [6, 6.07) is 5.04. The molecule has 0 heterocycles. The number of methoxy groups -OCH3 is 4. The van der Waals surface area contributed by atoms with Crippen LogP contribution < -0.4 is 16.0 Å². The zero-order chi connectivity index (χ0) is 28.7. The lowest BCUT2D eigenvalue weighted by atomic mass is 10.1. The number of anilines is 1. The molecular formula is C26H43N3O9. The summed E-state index contributed by atoms with van der Waals surface area (Å²) in [5, 5.41) is 17.5. The molecule has 0 fully saturated rings. The summed E-state index contributed by atoms with van der Waals surface area (Å²) in [4.78, 5) is 38.7. The Morgan fingerprint density at radius 3 is 1.95 bits per heavy atom. The van der Waals surface area contributed by atoms with Crippen molar-refractivity contribution in [2.75, 3.05) is 40.4 Å². The van der Waals surface area contributed by atoms with Crippen molar-refractivity contribution in [2.45, 2.75) is 76.7 Å². The first kappa shape index (κ1) is 33.3. The van der Waals surface area contributed by atoms with Crippen molar-refractivity contribution in [2.24, 2.45) is 0 Å². The largest absolute Gasteiger partial charge is 0.444 e. The number of nitrogens with one attached hydrogen (secondary N) is 3. The lowest BCUT2D eigenvalue weighted by Gasteiger charge is -2.26. The van der Waals surface area contributed by atoms with E-state index in [1.165, 1.54) is 28.4 Å². The molecule has 12 nitrogen and oxygen atoms in total. The zero-order valence-corrected chi connectivity index (χ0v) is 23.4. The molecule has 0 saturated heterocycles. The van der Waals surface area contributed by atoms with Crippen LogP contribution in [-0.2, 0) is 39.7 Å². The molecule has 2 atom stereocenters. The number of rotatable bonds is 16. The monoisotopic (exact) mass is 541 g/mol. The van der Waals surface area contributed by atoms with E-state index in [1.807, 2.05) is 12.1 Å². The highest BCUT2D eigenvalue weighted by Crippen LogP contribution is 2.19. The molecule has 0 aliphatic heterocycles. The van der Waals surface area contributed by atoms with Gasteiger partial charge in [-0.05, 0) is 45.2 Å². The van der Waals surface area contributed by atoms with Gasteiger partial charge in [0.15, 0.2) is 12.6 Å². The number of carbonyl (C=O) groups excluding carboxylic acids is 3. The van der Waals surface area contributed by atoms with Gasteiger partial charge >= 0.3 is 6.09 Å². The van der Waals surface area contributed by atoms with Crippen molar-refractivity contribution in [3.05, 3.63) is 29.8 Å². The molecule has 0 bridgehead atoms. The number of hydrogen-bond acceptors (Lipinski definition) is 9. The van der Waals surface area contributed by atoms with Gasteiger partial charge in [-0.2, -0.15) is 0 Å². The van der Waals surface area contributed by atoms with Gasteiger partial charge in [-0.1, -0.05) is 18.2 Å². The average molecular weight is 542 g/mol. The number of aliphatic hydroxyl groups is 1. The molecule has 12 heteroatoms. The minimum absolute atomic E-state index is 0.0730. The highest BCUT2D eigenvalue weighted by Gasteiger charge is 2.29. The molecule has 0 aliphatic rings. The predicted octanol–water partition coefficient (Wildman–Crippen LogP) is 1.95. The van der Waals surface area contributed by atoms with Crippen LogP contribution in [0.4, 0.5) is 10.5 Å². The minimum Gasteiger partial charge on any atom is -0.444 e. The fourth-order valence-corrected chi connectivity index (χ4v) is 3.51. The smallest absolute Gasteiger partial charge is 0.408 e. The number of ether oxygens (including phenoxy) is 5. The second-order valence-electron chi connectivity index (χ2n) is 9.50. The van der Waals surface area contributed by atoms with Gasteiger partial charge in [0.05, 0.1) is 0 Å². The summed E-state index contributed by atoms with van der Waals surface area (Å²) in [5.74, 6) is -1.13. The standard InChI is InChI=1S/C26H43N3O9/c1-26(2,3)38-25(33)29-20(14-15-30)24(32)28-19(12-13-21(34-4)35-5)23(31)27-18-11-9-8-10-17(18)16-22(36-6)37-7/h8-11,19-22,30H,12-16H2,1-7H3,(H,27,31)(H,28,32)(H,29,33)/t19?,20-/m0/s1. The normalized spacial score (nSPS) is 13.2. The Hall–Kier alpha value is -2.77. The third-order valence-electron chi connectivity index (χ3n) is 5.46. The summed E-state index contributed by atoms with van der Waals surface area (Å²) in [6.45, 7) is 4.70. The number of hydrogen-bond donors (Lipinski definition) is 4. The SMILES string of the molecule is COC(CCC(NC(=O)[C@H](CCO)NC(=O)OC(C)(C)C)C(=O)Nc1ccccc1CC(OC)OC)OC. The maximum atomic E-state index is 13.4. The van der Waals surface area contributed by atoms with E-state index < -0.39 is 48.2 Å². The summed E-state index contributed by atoms with van der Waals surface area (Å²) in [6.07, 6.45) is -1.14. The van der Waals surface area contributed by atoms with E-state index in [9.17, 15) is 19.5 Å². The van der Waals surface area contributed by atoms with Gasteiger partial charge in [-0.15, -0.1) is 0 Å². The minimum atomic E-state index is -1.12. The molecule has 0 spiro atoms. The molecule has 0 aromatic heterocycles. The number of para-hydroxylation sites is 1. The molecule has 3 amide bonds. The van der Waals surface area contributed by atoms with E-state index in [-0.39, 0.29) is 19.4 Å². The third-order valence-corrected chi connectivity index (χ3v) is 5.46. The Morgan fingerprint density at radius 2 is 1.39 bits per heavy atom. The van der Waals surface area contributed by atoms with E-state index >= 15 is 0 Å². The molecule has 1 aromatic carbocycles. The van der Waals surface area contributed by atoms with E-state index in [4.69, 9.17) is 23.7 Å². The van der Waals surface area contributed by atoms with Crippen molar-refractivity contribution < 1.29 is 43.2 Å². The lowest BCUT2D eigenvalue weighted by molar-refractivity contribution is -0.130. The van der Waals surface area contributed by atoms with E-state index in [0.717, 1.165) is 5.56 Å². The molecule has 1 rings (SSSR count). The van der Waals surface area contributed by atoms with Gasteiger partial charge in [0.1, 0.15) is 17.7 Å². The van der Waals surface area contributed by atoms with Crippen LogP contribution in [0.1, 0.15) is 45.6 Å². The van der Waals surface area contributed by atoms with Crippen molar-refractivity contribution in [1.29, 1.82) is 0 Å². The second-order valence-corrected chi connectivity index (χ2v) is 9.50. The number of alkyl carbamates (subject to hydrolysis) is 1. The van der Waals surface area contributed by atoms with E-state index in [1.54, 1.807) is 32.9 Å². The fourth-order valence-electron chi connectivity index (χ4n) is 3.51. The molecule has 216 valence electrons. The highest BCUT2D eigenvalue weighted by molar-refractivity contribution is 5.98. The third kappa shape index (κ3) is 12.2. The molecule has 1 aromatic rings. The van der Waals surface area contributed by atoms with Crippen LogP contribution in [0.5, 0.6) is 0 Å². The topological polar surface area (TPSA) is 154 Å². The first-order chi connectivity index (χ1) is 18.0. The Labute approximate surface area is 224 Å². The number of amides is 3. The van der Waals surface area contributed by atoms with Crippen LogP contribution in [0.2, 0.25) is 0 Å². The van der Waals surface area contributed by atoms with Crippen LogP contribution in [0.15, 0.2) is 24.3 Å². The molecule has 0 aliphatic carbocycles. The molecule has 0 radical (unpaired) electrons. The first-order valence-electron chi connectivity index (χ1n) is 12.4. The molecular weight excluding hydrogens is 498 g/mol. The number of benzene rings is 1. The zero-order valence-electron chi connectivity index (χ0n) is 23.4. The Bertz CT molecular complexity index is 868. The molecule has 4 N–H and O–H groups in total. The van der Waals surface area contributed by atoms with Crippen molar-refractivity contribution in [3.63, 3.8) is 0 Å². The summed E-state index contributed by atoms with van der Waals surface area (Å²) < 4.78 is 26.2. The number of aliphatic hydroxyl groups excluding tert-OH is 1. The first-order valence-corrected chi connectivity index (χ1v) is 12.4. The van der Waals surface area contributed by atoms with Crippen LogP contribution in [0.25, 0.3) is 0 Å². The van der Waals surface area contributed by atoms with Crippen LogP contribution in [0.3, 0.4) is 0 Å². The second kappa shape index (κ2) is 16.9. The highest BCUT2D eigenvalue weighted by atomic mass is 16.7. The Balaban J connectivity index is 3.10. The fraction of sp³-hybridized carbons (Fsp3) is 0.654. The Kier molecular flexibility index (Phi) is 14.8. The van der Waals surface area contributed by atoms with Crippen molar-refractivity contribution >= 4 is 23.6 Å². The molecule has 38 heavy (non-hydrogen) atoms. The van der Waals surface area contributed by atoms with Gasteiger partial charge in [-0.3, -0.25) is 9.59 Å². The summed E-state index contributed by atoms with van der Waals surface area (Å²) in [5.41, 5.74) is 0.529. The van der Waals surface area contributed by atoms with Gasteiger partial charge < -0.3 is 44.7 Å². The Morgan fingerprint density at radius 1 is 0.816 bits per heavy atom. The average Bonchev–Trinajstić information content (AvgIpc) is 2.86. The molecule has 1 unspecified atom stereocenters. The van der Waals surface area contributed by atoms with E-state index in [0.29, 0.717) is 18.5 Å². The quantitative estimate of drug-likeness (QED) is 0.230. The maximum absolute atomic E-state index is 13.4. The summed E-state index contributed by atoms with van der Waals surface area (Å²) >= 11 is 0. The van der Waals surface area contributed by atoms with Crippen LogP contribution in [-0.4, -0.2) is 88.3 Å². The maximum Gasteiger partial charge on any atom is 0.408 e. The van der Waals surface area contributed by atoms with Gasteiger partial charge in [0, 0.05) is 53.6 Å². The van der Waals surface area contributed by atoms with Gasteiger partial charge in [0.25, 0.3) is 0 Å². The van der Waals surface area contributed by atoms with Crippen LogP contribution in [0, 0.1) is 0 Å². The van der Waals surface area contributed by atoms with Gasteiger partial charge in [-0.25, -0.2) is 4.79 Å². The van der Waals surface area contributed by atoms with Crippen LogP contribution >= 0.6 is 0 Å². The lowest BCUT2D eigenvalue weighted by Crippen LogP contribution is -2.53. The molecule has 0 saturated carbocycles. The van der Waals surface area contributed by atoms with Crippen molar-refractivity contribution in [1.82, 2.24) is 10.6 Å². The predicted molar refractivity (Wildman–Crippen MR) is 140 cm³/mol. The van der Waals surface area contributed by atoms with Crippen molar-refractivity contribution in [3.8, 4) is 0 Å². The van der Waals surface area contributed by atoms with E-state index in [2.05, 4.69) is 16.0 Å². The number of carbonyl (C=O) groups is 3.